The number of phenolic OH excluding ortho intramolecular Hbond substituents is 1. The molecule has 1 aromatic heterocycles. The third-order valence-corrected chi connectivity index (χ3v) is 3.75. The molecule has 1 atom stereocenters. The number of fused-ring (bicyclic) bond motifs is 1. The summed E-state index contributed by atoms with van der Waals surface area (Å²) < 4.78 is 0. The Labute approximate surface area is 118 Å². The van der Waals surface area contributed by atoms with E-state index in [1.165, 1.54) is 5.56 Å². The summed E-state index contributed by atoms with van der Waals surface area (Å²) in [6.45, 7) is 0.611. The van der Waals surface area contributed by atoms with Crippen LogP contribution in [0.25, 0.3) is 10.9 Å². The van der Waals surface area contributed by atoms with Gasteiger partial charge in [0.2, 0.25) is 0 Å². The van der Waals surface area contributed by atoms with Crippen LogP contribution in [0.15, 0.2) is 54.7 Å². The van der Waals surface area contributed by atoms with Crippen molar-refractivity contribution in [2.24, 2.45) is 5.73 Å². The molecule has 2 aromatic carbocycles. The van der Waals surface area contributed by atoms with Crippen LogP contribution < -0.4 is 5.73 Å². The standard InChI is InChI=1S/C17H18N2O/c18-10-9-13(12-5-2-1-3-6-12)14-11-19-15-7-4-8-16(20)17(14)15/h1-8,11,13,19-20H,9-10,18H2/t13-/m0/s1. The van der Waals surface area contributed by atoms with Crippen LogP contribution in [0.5, 0.6) is 5.75 Å². The van der Waals surface area contributed by atoms with Crippen LogP contribution in [-0.2, 0) is 0 Å². The fourth-order valence-corrected chi connectivity index (χ4v) is 2.82. The minimum atomic E-state index is 0.197. The van der Waals surface area contributed by atoms with Gasteiger partial charge < -0.3 is 15.8 Å². The number of aromatic hydroxyl groups is 1. The van der Waals surface area contributed by atoms with Crippen molar-refractivity contribution < 1.29 is 5.11 Å². The molecule has 0 bridgehead atoms. The molecular formula is C17H18N2O. The van der Waals surface area contributed by atoms with Gasteiger partial charge in [0.25, 0.3) is 0 Å². The van der Waals surface area contributed by atoms with Gasteiger partial charge in [-0.25, -0.2) is 0 Å². The SMILES string of the molecule is NCC[C@@H](c1ccccc1)c1c[nH]c2cccc(O)c12. The molecule has 0 spiro atoms. The van der Waals surface area contributed by atoms with Crippen LogP contribution in [-0.4, -0.2) is 16.6 Å². The number of hydrogen-bond acceptors (Lipinski definition) is 2. The van der Waals surface area contributed by atoms with Gasteiger partial charge in [-0.15, -0.1) is 0 Å². The lowest BCUT2D eigenvalue weighted by atomic mass is 9.88. The Balaban J connectivity index is 2.15. The molecule has 20 heavy (non-hydrogen) atoms. The average molecular weight is 266 g/mol. The quantitative estimate of drug-likeness (QED) is 0.678. The van der Waals surface area contributed by atoms with Crippen molar-refractivity contribution in [3.63, 3.8) is 0 Å². The summed E-state index contributed by atoms with van der Waals surface area (Å²) in [6, 6.07) is 15.8. The Morgan fingerprint density at radius 3 is 2.60 bits per heavy atom. The summed E-state index contributed by atoms with van der Waals surface area (Å²) >= 11 is 0. The average Bonchev–Trinajstić information content (AvgIpc) is 2.91. The normalized spacial score (nSPS) is 12.7. The van der Waals surface area contributed by atoms with E-state index in [4.69, 9.17) is 5.73 Å². The molecule has 0 radical (unpaired) electrons. The zero-order chi connectivity index (χ0) is 13.9. The summed E-state index contributed by atoms with van der Waals surface area (Å²) in [5.41, 5.74) is 9.07. The fourth-order valence-electron chi connectivity index (χ4n) is 2.82. The maximum absolute atomic E-state index is 10.2. The van der Waals surface area contributed by atoms with Gasteiger partial charge >= 0.3 is 0 Å². The molecule has 1 heterocycles. The van der Waals surface area contributed by atoms with E-state index >= 15 is 0 Å². The topological polar surface area (TPSA) is 62.0 Å². The zero-order valence-electron chi connectivity index (χ0n) is 11.2. The highest BCUT2D eigenvalue weighted by atomic mass is 16.3. The largest absolute Gasteiger partial charge is 0.507 e. The Kier molecular flexibility index (Phi) is 3.44. The summed E-state index contributed by atoms with van der Waals surface area (Å²) in [5.74, 6) is 0.514. The van der Waals surface area contributed by atoms with Gasteiger partial charge in [-0.1, -0.05) is 36.4 Å². The van der Waals surface area contributed by atoms with E-state index in [2.05, 4.69) is 17.1 Å². The lowest BCUT2D eigenvalue weighted by Crippen LogP contribution is -2.08. The Morgan fingerprint density at radius 1 is 1.05 bits per heavy atom. The van der Waals surface area contributed by atoms with Crippen molar-refractivity contribution in [2.75, 3.05) is 6.54 Å². The first-order valence-corrected chi connectivity index (χ1v) is 6.85. The van der Waals surface area contributed by atoms with Gasteiger partial charge in [0, 0.05) is 23.0 Å². The van der Waals surface area contributed by atoms with Gasteiger partial charge in [0.05, 0.1) is 0 Å². The first-order chi connectivity index (χ1) is 9.81. The number of nitrogens with one attached hydrogen (secondary N) is 1. The molecular weight excluding hydrogens is 248 g/mol. The van der Waals surface area contributed by atoms with E-state index in [0.717, 1.165) is 22.9 Å². The minimum Gasteiger partial charge on any atom is -0.507 e. The summed E-state index contributed by atoms with van der Waals surface area (Å²) in [6.07, 6.45) is 2.84. The molecule has 0 aliphatic carbocycles. The summed E-state index contributed by atoms with van der Waals surface area (Å²) in [7, 11) is 0. The summed E-state index contributed by atoms with van der Waals surface area (Å²) in [4.78, 5) is 3.24. The third kappa shape index (κ3) is 2.17. The van der Waals surface area contributed by atoms with Gasteiger partial charge in [-0.2, -0.15) is 0 Å². The number of H-pyrrole nitrogens is 1. The molecule has 3 aromatic rings. The first-order valence-electron chi connectivity index (χ1n) is 6.85. The molecule has 0 fully saturated rings. The van der Waals surface area contributed by atoms with Crippen LogP contribution in [0, 0.1) is 0 Å². The zero-order valence-corrected chi connectivity index (χ0v) is 11.2. The second kappa shape index (κ2) is 5.39. The number of benzene rings is 2. The Hall–Kier alpha value is -2.26. The Bertz CT molecular complexity index is 703. The molecule has 4 N–H and O–H groups in total. The molecule has 0 aliphatic heterocycles. The van der Waals surface area contributed by atoms with E-state index in [-0.39, 0.29) is 5.92 Å². The number of hydrogen-bond donors (Lipinski definition) is 3. The number of rotatable bonds is 4. The number of phenols is 1. The predicted octanol–water partition coefficient (Wildman–Crippen LogP) is 3.35. The van der Waals surface area contributed by atoms with E-state index in [0.29, 0.717) is 12.3 Å². The highest BCUT2D eigenvalue weighted by Crippen LogP contribution is 2.36. The molecule has 0 aliphatic rings. The minimum absolute atomic E-state index is 0.197. The number of aromatic amines is 1. The van der Waals surface area contributed by atoms with Crippen molar-refractivity contribution in [2.45, 2.75) is 12.3 Å². The van der Waals surface area contributed by atoms with Crippen molar-refractivity contribution in [3.8, 4) is 5.75 Å². The Morgan fingerprint density at radius 2 is 1.85 bits per heavy atom. The predicted molar refractivity (Wildman–Crippen MR) is 81.9 cm³/mol. The molecule has 0 saturated carbocycles. The second-order valence-electron chi connectivity index (χ2n) is 4.98. The second-order valence-corrected chi connectivity index (χ2v) is 4.98. The third-order valence-electron chi connectivity index (χ3n) is 3.75. The van der Waals surface area contributed by atoms with Crippen LogP contribution in [0.2, 0.25) is 0 Å². The van der Waals surface area contributed by atoms with E-state index in [1.54, 1.807) is 6.07 Å². The fraction of sp³-hybridized carbons (Fsp3) is 0.176. The monoisotopic (exact) mass is 266 g/mol. The number of nitrogens with two attached hydrogens (primary N) is 1. The number of aromatic nitrogens is 1. The smallest absolute Gasteiger partial charge is 0.125 e. The highest BCUT2D eigenvalue weighted by molar-refractivity contribution is 5.89. The molecule has 0 unspecified atom stereocenters. The van der Waals surface area contributed by atoms with Crippen molar-refractivity contribution >= 4 is 10.9 Å². The van der Waals surface area contributed by atoms with Crippen LogP contribution in [0.3, 0.4) is 0 Å². The van der Waals surface area contributed by atoms with Gasteiger partial charge in [0.15, 0.2) is 0 Å². The van der Waals surface area contributed by atoms with Gasteiger partial charge in [0.1, 0.15) is 5.75 Å². The van der Waals surface area contributed by atoms with E-state index < -0.39 is 0 Å². The molecule has 0 saturated heterocycles. The van der Waals surface area contributed by atoms with Crippen LogP contribution in [0.1, 0.15) is 23.5 Å². The van der Waals surface area contributed by atoms with E-state index in [9.17, 15) is 5.11 Å². The van der Waals surface area contributed by atoms with Crippen molar-refractivity contribution in [1.82, 2.24) is 4.98 Å². The van der Waals surface area contributed by atoms with Crippen LogP contribution in [0.4, 0.5) is 0 Å². The molecule has 0 amide bonds. The molecule has 102 valence electrons. The molecule has 3 rings (SSSR count). The van der Waals surface area contributed by atoms with Gasteiger partial charge in [-0.3, -0.25) is 0 Å². The maximum Gasteiger partial charge on any atom is 0.125 e. The molecule has 3 heteroatoms. The lowest BCUT2D eigenvalue weighted by Gasteiger charge is -2.16. The van der Waals surface area contributed by atoms with Crippen LogP contribution >= 0.6 is 0 Å². The molecule has 3 nitrogen and oxygen atoms in total. The van der Waals surface area contributed by atoms with Crippen molar-refractivity contribution in [3.05, 3.63) is 65.9 Å². The summed E-state index contributed by atoms with van der Waals surface area (Å²) in [5, 5.41) is 11.1. The maximum atomic E-state index is 10.2. The first kappa shape index (κ1) is 12.8. The lowest BCUT2D eigenvalue weighted by molar-refractivity contribution is 0.481. The van der Waals surface area contributed by atoms with Crippen molar-refractivity contribution in [1.29, 1.82) is 0 Å². The van der Waals surface area contributed by atoms with Gasteiger partial charge in [-0.05, 0) is 36.2 Å². The highest BCUT2D eigenvalue weighted by Gasteiger charge is 2.18. The van der Waals surface area contributed by atoms with E-state index in [1.807, 2.05) is 36.5 Å².